The van der Waals surface area contributed by atoms with E-state index in [1.54, 1.807) is 42.5 Å². The van der Waals surface area contributed by atoms with E-state index in [-0.39, 0.29) is 17.3 Å². The van der Waals surface area contributed by atoms with Crippen molar-refractivity contribution in [2.24, 2.45) is 0 Å². The summed E-state index contributed by atoms with van der Waals surface area (Å²) in [6.45, 7) is 4.37. The molecule has 180 valence electrons. The lowest BCUT2D eigenvalue weighted by molar-refractivity contribution is -0.119. The predicted octanol–water partition coefficient (Wildman–Crippen LogP) is 5.19. The van der Waals surface area contributed by atoms with Crippen LogP contribution in [0.25, 0.3) is 0 Å². The maximum atomic E-state index is 13.3. The summed E-state index contributed by atoms with van der Waals surface area (Å²) in [5, 5.41) is 2.88. The summed E-state index contributed by atoms with van der Waals surface area (Å²) in [4.78, 5) is 12.9. The van der Waals surface area contributed by atoms with Crippen molar-refractivity contribution in [2.45, 2.75) is 37.3 Å². The number of carbonyl (C=O) groups is 1. The van der Waals surface area contributed by atoms with Gasteiger partial charge in [0.25, 0.3) is 10.0 Å². The van der Waals surface area contributed by atoms with Gasteiger partial charge in [0.2, 0.25) is 5.91 Å². The fourth-order valence-corrected chi connectivity index (χ4v) is 5.86. The second-order valence-electron chi connectivity index (χ2n) is 8.09. The molecule has 0 saturated carbocycles. The van der Waals surface area contributed by atoms with Crippen molar-refractivity contribution in [2.75, 3.05) is 23.1 Å². The van der Waals surface area contributed by atoms with Gasteiger partial charge in [-0.15, -0.1) is 0 Å². The molecule has 1 N–H and O–H groups in total. The van der Waals surface area contributed by atoms with Gasteiger partial charge in [-0.2, -0.15) is 11.8 Å². The Hall–Kier alpha value is -2.77. The Bertz CT molecular complexity index is 1160. The summed E-state index contributed by atoms with van der Waals surface area (Å²) in [5.41, 5.74) is 4.13. The van der Waals surface area contributed by atoms with Crippen molar-refractivity contribution in [3.05, 3.63) is 95.6 Å². The largest absolute Gasteiger partial charge is 0.354 e. The molecule has 0 aliphatic rings. The third kappa shape index (κ3) is 7.37. The second-order valence-corrected chi connectivity index (χ2v) is 11.1. The first-order valence-electron chi connectivity index (χ1n) is 11.5. The first-order chi connectivity index (χ1) is 16.4. The molecule has 3 rings (SSSR count). The standard InChI is InChI=1S/C27H32N2O3S2/c1-3-23-13-15-25(16-14-23)29(34(31,32)26-11-5-4-6-12-26)20-27(30)28-17-8-18-33-21-24-10-7-9-22(2)19-24/h4-7,9-16,19H,3,8,17-18,20-21H2,1-2H3,(H,28,30). The van der Waals surface area contributed by atoms with Gasteiger partial charge in [-0.3, -0.25) is 9.10 Å². The van der Waals surface area contributed by atoms with E-state index in [0.29, 0.717) is 12.2 Å². The predicted molar refractivity (Wildman–Crippen MR) is 142 cm³/mol. The molecule has 0 unspecified atom stereocenters. The molecule has 0 aliphatic heterocycles. The molecule has 0 radical (unpaired) electrons. The van der Waals surface area contributed by atoms with Crippen LogP contribution in [0.3, 0.4) is 0 Å². The Morgan fingerprint density at radius 3 is 2.35 bits per heavy atom. The van der Waals surface area contributed by atoms with Crippen LogP contribution in [0.2, 0.25) is 0 Å². The van der Waals surface area contributed by atoms with Gasteiger partial charge in [0.1, 0.15) is 6.54 Å². The molecular formula is C27H32N2O3S2. The fourth-order valence-electron chi connectivity index (χ4n) is 3.51. The number of sulfonamides is 1. The Labute approximate surface area is 207 Å². The zero-order chi connectivity index (χ0) is 24.4. The number of hydrogen-bond acceptors (Lipinski definition) is 4. The van der Waals surface area contributed by atoms with Crippen molar-refractivity contribution in [3.8, 4) is 0 Å². The van der Waals surface area contributed by atoms with Gasteiger partial charge in [0, 0.05) is 12.3 Å². The molecular weight excluding hydrogens is 464 g/mol. The lowest BCUT2D eigenvalue weighted by Gasteiger charge is -2.24. The van der Waals surface area contributed by atoms with E-state index < -0.39 is 10.0 Å². The number of aryl methyl sites for hydroxylation is 2. The van der Waals surface area contributed by atoms with Crippen LogP contribution in [0.5, 0.6) is 0 Å². The maximum Gasteiger partial charge on any atom is 0.264 e. The van der Waals surface area contributed by atoms with Gasteiger partial charge >= 0.3 is 0 Å². The minimum absolute atomic E-state index is 0.162. The molecule has 5 nitrogen and oxygen atoms in total. The van der Waals surface area contributed by atoms with Crippen LogP contribution in [-0.4, -0.2) is 33.2 Å². The molecule has 3 aromatic carbocycles. The van der Waals surface area contributed by atoms with Gasteiger partial charge in [0.15, 0.2) is 0 Å². The van der Waals surface area contributed by atoms with E-state index in [9.17, 15) is 13.2 Å². The minimum atomic E-state index is -3.87. The summed E-state index contributed by atoms with van der Waals surface area (Å²) < 4.78 is 27.9. The van der Waals surface area contributed by atoms with Crippen molar-refractivity contribution < 1.29 is 13.2 Å². The van der Waals surface area contributed by atoms with Crippen molar-refractivity contribution >= 4 is 33.4 Å². The zero-order valence-corrected chi connectivity index (χ0v) is 21.4. The van der Waals surface area contributed by atoms with E-state index in [1.807, 2.05) is 30.8 Å². The molecule has 0 atom stereocenters. The molecule has 1 amide bonds. The maximum absolute atomic E-state index is 13.3. The number of amides is 1. The number of hydrogen-bond donors (Lipinski definition) is 1. The zero-order valence-electron chi connectivity index (χ0n) is 19.7. The smallest absolute Gasteiger partial charge is 0.264 e. The van der Waals surface area contributed by atoms with Gasteiger partial charge in [0.05, 0.1) is 10.6 Å². The molecule has 0 aliphatic carbocycles. The normalized spacial score (nSPS) is 11.2. The summed E-state index contributed by atoms with van der Waals surface area (Å²) in [7, 11) is -3.87. The number of carbonyl (C=O) groups excluding carboxylic acids is 1. The number of nitrogens with zero attached hydrogens (tertiary/aromatic N) is 1. The lowest BCUT2D eigenvalue weighted by atomic mass is 10.1. The van der Waals surface area contributed by atoms with Crippen molar-refractivity contribution in [1.29, 1.82) is 0 Å². The van der Waals surface area contributed by atoms with E-state index in [1.165, 1.54) is 15.4 Å². The van der Waals surface area contributed by atoms with E-state index in [4.69, 9.17) is 0 Å². The summed E-state index contributed by atoms with van der Waals surface area (Å²) in [6, 6.07) is 24.0. The molecule has 7 heteroatoms. The average molecular weight is 497 g/mol. The van der Waals surface area contributed by atoms with E-state index in [0.717, 1.165) is 29.9 Å². The molecule has 0 spiro atoms. The SMILES string of the molecule is CCc1ccc(N(CC(=O)NCCCSCc2cccc(C)c2)S(=O)(=O)c2ccccc2)cc1. The Morgan fingerprint density at radius 2 is 1.68 bits per heavy atom. The number of thioether (sulfide) groups is 1. The fraction of sp³-hybridized carbons (Fsp3) is 0.296. The van der Waals surface area contributed by atoms with Crippen molar-refractivity contribution in [1.82, 2.24) is 5.32 Å². The Morgan fingerprint density at radius 1 is 0.941 bits per heavy atom. The highest BCUT2D eigenvalue weighted by molar-refractivity contribution is 7.98. The lowest BCUT2D eigenvalue weighted by Crippen LogP contribution is -2.41. The minimum Gasteiger partial charge on any atom is -0.354 e. The van der Waals surface area contributed by atoms with E-state index in [2.05, 4.69) is 36.5 Å². The summed E-state index contributed by atoms with van der Waals surface area (Å²) >= 11 is 1.82. The van der Waals surface area contributed by atoms with Crippen LogP contribution < -0.4 is 9.62 Å². The number of anilines is 1. The Kier molecular flexibility index (Phi) is 9.60. The average Bonchev–Trinajstić information content (AvgIpc) is 2.85. The third-order valence-corrected chi connectivity index (χ3v) is 8.29. The number of rotatable bonds is 12. The van der Waals surface area contributed by atoms with Gasteiger partial charge in [-0.05, 0) is 60.9 Å². The highest BCUT2D eigenvalue weighted by atomic mass is 32.2. The van der Waals surface area contributed by atoms with Gasteiger partial charge in [-0.1, -0.05) is 67.1 Å². The molecule has 3 aromatic rings. The first kappa shape index (κ1) is 25.8. The third-order valence-electron chi connectivity index (χ3n) is 5.39. The van der Waals surface area contributed by atoms with Crippen LogP contribution in [0.15, 0.2) is 83.8 Å². The van der Waals surface area contributed by atoms with Crippen LogP contribution >= 0.6 is 11.8 Å². The van der Waals surface area contributed by atoms with Crippen LogP contribution in [0, 0.1) is 6.92 Å². The topological polar surface area (TPSA) is 66.5 Å². The monoisotopic (exact) mass is 496 g/mol. The first-order valence-corrected chi connectivity index (χ1v) is 14.1. The molecule has 34 heavy (non-hydrogen) atoms. The molecule has 0 fully saturated rings. The summed E-state index contributed by atoms with van der Waals surface area (Å²) in [6.07, 6.45) is 1.67. The highest BCUT2D eigenvalue weighted by Gasteiger charge is 2.26. The molecule has 0 bridgehead atoms. The second kappa shape index (κ2) is 12.6. The van der Waals surface area contributed by atoms with Crippen LogP contribution in [0.1, 0.15) is 30.0 Å². The summed E-state index contributed by atoms with van der Waals surface area (Å²) in [5.74, 6) is 1.54. The highest BCUT2D eigenvalue weighted by Crippen LogP contribution is 2.24. The Balaban J connectivity index is 1.58. The molecule has 0 saturated heterocycles. The number of benzene rings is 3. The van der Waals surface area contributed by atoms with Crippen molar-refractivity contribution in [3.63, 3.8) is 0 Å². The van der Waals surface area contributed by atoms with Gasteiger partial charge < -0.3 is 5.32 Å². The number of nitrogens with one attached hydrogen (secondary N) is 1. The quantitative estimate of drug-likeness (QED) is 0.350. The molecule has 0 heterocycles. The van der Waals surface area contributed by atoms with Crippen LogP contribution in [-0.2, 0) is 27.0 Å². The van der Waals surface area contributed by atoms with E-state index >= 15 is 0 Å². The van der Waals surface area contributed by atoms with Crippen LogP contribution in [0.4, 0.5) is 5.69 Å². The molecule has 0 aromatic heterocycles. The van der Waals surface area contributed by atoms with Gasteiger partial charge in [-0.25, -0.2) is 8.42 Å².